The highest BCUT2D eigenvalue weighted by molar-refractivity contribution is 7.25. The SMILES string of the molecule is CCCCCCCCc1cc(-c2ccc(N(c3ccc(OC)cc3)c3ccc(OC)cc3)cc2)sc1B(O)O. The zero-order valence-electron chi connectivity index (χ0n) is 23.1. The molecule has 0 aliphatic carbocycles. The molecular formula is C32H38BNO4S. The molecule has 3 aromatic carbocycles. The van der Waals surface area contributed by atoms with Gasteiger partial charge in [-0.2, -0.15) is 0 Å². The van der Waals surface area contributed by atoms with Gasteiger partial charge in [0, 0.05) is 26.7 Å². The van der Waals surface area contributed by atoms with E-state index in [4.69, 9.17) is 9.47 Å². The lowest BCUT2D eigenvalue weighted by Gasteiger charge is -2.26. The number of nitrogens with zero attached hydrogens (tertiary/aromatic N) is 1. The highest BCUT2D eigenvalue weighted by Crippen LogP contribution is 2.37. The van der Waals surface area contributed by atoms with Crippen molar-refractivity contribution in [1.82, 2.24) is 0 Å². The van der Waals surface area contributed by atoms with Gasteiger partial charge in [0.2, 0.25) is 0 Å². The topological polar surface area (TPSA) is 62.2 Å². The van der Waals surface area contributed by atoms with E-state index in [1.807, 2.05) is 48.5 Å². The van der Waals surface area contributed by atoms with Gasteiger partial charge in [-0.15, -0.1) is 11.3 Å². The van der Waals surface area contributed by atoms with Gasteiger partial charge >= 0.3 is 7.12 Å². The molecule has 0 aliphatic heterocycles. The Morgan fingerprint density at radius 2 is 1.18 bits per heavy atom. The molecule has 7 heteroatoms. The number of unbranched alkanes of at least 4 members (excludes halogenated alkanes) is 5. The minimum absolute atomic E-state index is 0.653. The second-order valence-electron chi connectivity index (χ2n) is 9.67. The average molecular weight is 544 g/mol. The fraction of sp³-hybridized carbons (Fsp3) is 0.312. The van der Waals surface area contributed by atoms with Crippen LogP contribution >= 0.6 is 11.3 Å². The van der Waals surface area contributed by atoms with Gasteiger partial charge < -0.3 is 24.4 Å². The molecular weight excluding hydrogens is 505 g/mol. The molecule has 0 aliphatic rings. The number of anilines is 3. The Balaban J connectivity index is 1.58. The van der Waals surface area contributed by atoms with E-state index in [-0.39, 0.29) is 0 Å². The fourth-order valence-corrected chi connectivity index (χ4v) is 5.87. The quantitative estimate of drug-likeness (QED) is 0.128. The molecule has 0 fully saturated rings. The summed E-state index contributed by atoms with van der Waals surface area (Å²) in [6.45, 7) is 2.23. The largest absolute Gasteiger partial charge is 0.499 e. The number of hydrogen-bond donors (Lipinski definition) is 2. The van der Waals surface area contributed by atoms with E-state index in [9.17, 15) is 10.0 Å². The zero-order chi connectivity index (χ0) is 27.6. The third-order valence-electron chi connectivity index (χ3n) is 6.95. The molecule has 39 heavy (non-hydrogen) atoms. The molecule has 4 aromatic rings. The number of rotatable bonds is 14. The third-order valence-corrected chi connectivity index (χ3v) is 8.21. The van der Waals surface area contributed by atoms with Gasteiger partial charge in [0.05, 0.1) is 14.2 Å². The van der Waals surface area contributed by atoms with Crippen LogP contribution in [0.2, 0.25) is 0 Å². The van der Waals surface area contributed by atoms with E-state index in [1.165, 1.54) is 43.4 Å². The summed E-state index contributed by atoms with van der Waals surface area (Å²) >= 11 is 1.47. The molecule has 4 rings (SSSR count). The summed E-state index contributed by atoms with van der Waals surface area (Å²) in [5.41, 5.74) is 5.14. The highest BCUT2D eigenvalue weighted by Gasteiger charge is 2.21. The van der Waals surface area contributed by atoms with Gasteiger partial charge in [-0.05, 0) is 90.7 Å². The first kappa shape index (κ1) is 28.7. The Morgan fingerprint density at radius 3 is 1.67 bits per heavy atom. The van der Waals surface area contributed by atoms with E-state index in [0.717, 1.165) is 57.4 Å². The van der Waals surface area contributed by atoms with Crippen molar-refractivity contribution in [2.24, 2.45) is 0 Å². The first-order valence-electron chi connectivity index (χ1n) is 13.7. The summed E-state index contributed by atoms with van der Waals surface area (Å²) in [6.07, 6.45) is 8.15. The molecule has 0 saturated heterocycles. The van der Waals surface area contributed by atoms with E-state index < -0.39 is 7.12 Å². The van der Waals surface area contributed by atoms with Crippen LogP contribution in [0.25, 0.3) is 10.4 Å². The van der Waals surface area contributed by atoms with Gasteiger partial charge in [-0.3, -0.25) is 0 Å². The summed E-state index contributed by atoms with van der Waals surface area (Å²) in [6, 6.07) is 26.5. The van der Waals surface area contributed by atoms with Crippen LogP contribution < -0.4 is 19.2 Å². The number of ether oxygens (including phenoxy) is 2. The van der Waals surface area contributed by atoms with Crippen LogP contribution in [0.4, 0.5) is 17.1 Å². The number of hydrogen-bond acceptors (Lipinski definition) is 6. The summed E-state index contributed by atoms with van der Waals surface area (Å²) in [7, 11) is 1.89. The molecule has 204 valence electrons. The molecule has 0 spiro atoms. The third kappa shape index (κ3) is 7.44. The predicted molar refractivity (Wildman–Crippen MR) is 164 cm³/mol. The van der Waals surface area contributed by atoms with Crippen LogP contribution in [-0.4, -0.2) is 31.4 Å². The van der Waals surface area contributed by atoms with Crippen LogP contribution in [0.15, 0.2) is 78.9 Å². The van der Waals surface area contributed by atoms with Crippen molar-refractivity contribution in [3.8, 4) is 21.9 Å². The Hall–Kier alpha value is -3.26. The number of methoxy groups -OCH3 is 2. The van der Waals surface area contributed by atoms with Crippen molar-refractivity contribution in [2.75, 3.05) is 19.1 Å². The first-order valence-corrected chi connectivity index (χ1v) is 14.5. The number of aryl methyl sites for hydroxylation is 1. The molecule has 2 N–H and O–H groups in total. The van der Waals surface area contributed by atoms with Crippen LogP contribution in [0.5, 0.6) is 11.5 Å². The highest BCUT2D eigenvalue weighted by atomic mass is 32.1. The lowest BCUT2D eigenvalue weighted by atomic mass is 9.84. The van der Waals surface area contributed by atoms with Crippen molar-refractivity contribution in [3.63, 3.8) is 0 Å². The Kier molecular flexibility index (Phi) is 10.5. The lowest BCUT2D eigenvalue weighted by Crippen LogP contribution is -2.29. The van der Waals surface area contributed by atoms with Gasteiger partial charge in [0.15, 0.2) is 0 Å². The molecule has 0 amide bonds. The minimum Gasteiger partial charge on any atom is -0.497 e. The average Bonchev–Trinajstić information content (AvgIpc) is 3.41. The summed E-state index contributed by atoms with van der Waals surface area (Å²) in [5.74, 6) is 1.61. The first-order chi connectivity index (χ1) is 19.0. The predicted octanol–water partition coefficient (Wildman–Crippen LogP) is 7.48. The molecule has 1 aromatic heterocycles. The van der Waals surface area contributed by atoms with Crippen molar-refractivity contribution >= 4 is 40.3 Å². The molecule has 0 unspecified atom stereocenters. The van der Waals surface area contributed by atoms with Crippen molar-refractivity contribution in [3.05, 3.63) is 84.4 Å². The van der Waals surface area contributed by atoms with E-state index in [0.29, 0.717) is 4.78 Å². The van der Waals surface area contributed by atoms with Gasteiger partial charge in [-0.1, -0.05) is 51.2 Å². The molecule has 0 bridgehead atoms. The normalized spacial score (nSPS) is 10.9. The molecule has 0 atom stereocenters. The van der Waals surface area contributed by atoms with E-state index in [2.05, 4.69) is 42.2 Å². The smallest absolute Gasteiger partial charge is 0.497 e. The van der Waals surface area contributed by atoms with Gasteiger partial charge in [-0.25, -0.2) is 0 Å². The second-order valence-corrected chi connectivity index (χ2v) is 10.8. The minimum atomic E-state index is -1.45. The maximum Gasteiger partial charge on any atom is 0.499 e. The van der Waals surface area contributed by atoms with E-state index in [1.54, 1.807) is 14.2 Å². The summed E-state index contributed by atoms with van der Waals surface area (Å²) in [5, 5.41) is 20.0. The summed E-state index contributed by atoms with van der Waals surface area (Å²) < 4.78 is 11.4. The number of thiophene rings is 1. The zero-order valence-corrected chi connectivity index (χ0v) is 23.9. The number of benzene rings is 3. The monoisotopic (exact) mass is 543 g/mol. The molecule has 5 nitrogen and oxygen atoms in total. The maximum absolute atomic E-state index is 10.0. The lowest BCUT2D eigenvalue weighted by molar-refractivity contribution is 0.415. The van der Waals surface area contributed by atoms with Crippen LogP contribution in [0.3, 0.4) is 0 Å². The second kappa shape index (κ2) is 14.2. The van der Waals surface area contributed by atoms with Crippen LogP contribution in [0.1, 0.15) is 51.0 Å². The van der Waals surface area contributed by atoms with Crippen molar-refractivity contribution in [2.45, 2.75) is 51.9 Å². The standard InChI is InChI=1S/C32H38BNO4S/c1-4-5-6-7-8-9-10-25-23-31(39-32(25)33(35)36)24-11-13-26(14-12-24)34(27-15-19-29(37-2)20-16-27)28-17-21-30(38-3)22-18-28/h11-23,35-36H,4-10H2,1-3H3. The van der Waals surface area contributed by atoms with Crippen LogP contribution in [-0.2, 0) is 6.42 Å². The van der Waals surface area contributed by atoms with E-state index >= 15 is 0 Å². The molecule has 1 heterocycles. The molecule has 0 saturated carbocycles. The maximum atomic E-state index is 10.0. The van der Waals surface area contributed by atoms with Gasteiger partial charge in [0.1, 0.15) is 11.5 Å². The van der Waals surface area contributed by atoms with Crippen molar-refractivity contribution in [1.29, 1.82) is 0 Å². The Labute approximate surface area is 236 Å². The van der Waals surface area contributed by atoms with Crippen LogP contribution in [0, 0.1) is 0 Å². The summed E-state index contributed by atoms with van der Waals surface area (Å²) in [4.78, 5) is 3.23. The Morgan fingerprint density at radius 1 is 0.692 bits per heavy atom. The van der Waals surface area contributed by atoms with Crippen molar-refractivity contribution < 1.29 is 19.5 Å². The molecule has 0 radical (unpaired) electrons. The van der Waals surface area contributed by atoms with Gasteiger partial charge in [0.25, 0.3) is 0 Å². The fourth-order valence-electron chi connectivity index (χ4n) is 4.78. The Bertz CT molecular complexity index is 1240.